The Balaban J connectivity index is 1.95. The zero-order valence-electron chi connectivity index (χ0n) is 11.0. The molecule has 0 saturated carbocycles. The molecule has 2 rings (SSSR count). The summed E-state index contributed by atoms with van der Waals surface area (Å²) in [5, 5.41) is 14.9. The maximum atomic E-state index is 11.4. The number of fused-ring (bicyclic) bond motifs is 1. The van der Waals surface area contributed by atoms with Crippen molar-refractivity contribution >= 4 is 11.6 Å². The lowest BCUT2D eigenvalue weighted by Crippen LogP contribution is -2.29. The van der Waals surface area contributed by atoms with Crippen LogP contribution in [-0.4, -0.2) is 30.0 Å². The highest BCUT2D eigenvalue weighted by molar-refractivity contribution is 6.04. The molecule has 0 bridgehead atoms. The predicted octanol–water partition coefficient (Wildman–Crippen LogP) is 1.72. The average molecular weight is 262 g/mol. The van der Waals surface area contributed by atoms with Crippen LogP contribution >= 0.6 is 0 Å². The third-order valence-electron chi connectivity index (χ3n) is 3.08. The summed E-state index contributed by atoms with van der Waals surface area (Å²) in [6.45, 7) is 2.70. The molecule has 19 heavy (non-hydrogen) atoms. The van der Waals surface area contributed by atoms with Crippen molar-refractivity contribution in [3.8, 4) is 5.75 Å². The van der Waals surface area contributed by atoms with Gasteiger partial charge in [-0.05, 0) is 43.0 Å². The zero-order valence-corrected chi connectivity index (χ0v) is 11.0. The van der Waals surface area contributed by atoms with E-state index in [-0.39, 0.29) is 12.5 Å². The number of carbonyl (C=O) groups excluding carboxylic acids is 1. The summed E-state index contributed by atoms with van der Waals surface area (Å²) in [6.07, 6.45) is 2.49. The summed E-state index contributed by atoms with van der Waals surface area (Å²) < 4.78 is 5.44. The monoisotopic (exact) mass is 262 g/mol. The fraction of sp³-hybridized carbons (Fsp3) is 0.429. The quantitative estimate of drug-likeness (QED) is 0.627. The number of amides is 1. The van der Waals surface area contributed by atoms with E-state index < -0.39 is 0 Å². The first-order valence-corrected chi connectivity index (χ1v) is 6.48. The van der Waals surface area contributed by atoms with Crippen molar-refractivity contribution in [1.82, 2.24) is 5.32 Å². The van der Waals surface area contributed by atoms with Crippen LogP contribution in [0.25, 0.3) is 0 Å². The van der Waals surface area contributed by atoms with Crippen molar-refractivity contribution in [2.24, 2.45) is 5.16 Å². The van der Waals surface area contributed by atoms with E-state index in [1.807, 2.05) is 19.1 Å². The number of nitrogens with one attached hydrogen (secondary N) is 1. The molecule has 0 saturated heterocycles. The van der Waals surface area contributed by atoms with Gasteiger partial charge in [-0.15, -0.1) is 0 Å². The summed E-state index contributed by atoms with van der Waals surface area (Å²) in [6, 6.07) is 5.57. The predicted molar refractivity (Wildman–Crippen MR) is 71.9 cm³/mol. The Kier molecular flexibility index (Phi) is 4.39. The van der Waals surface area contributed by atoms with E-state index in [2.05, 4.69) is 10.5 Å². The molecule has 1 amide bonds. The van der Waals surface area contributed by atoms with Crippen LogP contribution in [0, 0.1) is 0 Å². The standard InChI is InChI=1S/C14H18N2O3/c1-2-7-15-14(17)9-19-11-4-5-12-10(8-11)3-6-13(12)16-18/h4-5,8,18H,2-3,6-7,9H2,1H3,(H,15,17)/b16-13+. The van der Waals surface area contributed by atoms with Crippen LogP contribution in [0.1, 0.15) is 30.9 Å². The van der Waals surface area contributed by atoms with Gasteiger partial charge in [-0.2, -0.15) is 0 Å². The molecule has 0 radical (unpaired) electrons. The molecule has 1 aliphatic rings. The van der Waals surface area contributed by atoms with Crippen molar-refractivity contribution < 1.29 is 14.7 Å². The molecule has 0 unspecified atom stereocenters. The molecule has 5 heteroatoms. The molecule has 5 nitrogen and oxygen atoms in total. The first-order valence-electron chi connectivity index (χ1n) is 6.48. The van der Waals surface area contributed by atoms with Crippen LogP contribution < -0.4 is 10.1 Å². The first kappa shape index (κ1) is 13.4. The van der Waals surface area contributed by atoms with Gasteiger partial charge >= 0.3 is 0 Å². The number of benzene rings is 1. The fourth-order valence-corrected chi connectivity index (χ4v) is 2.10. The molecule has 1 aromatic rings. The maximum absolute atomic E-state index is 11.4. The molecule has 0 spiro atoms. The Morgan fingerprint density at radius 2 is 2.32 bits per heavy atom. The van der Waals surface area contributed by atoms with Crippen molar-refractivity contribution in [2.45, 2.75) is 26.2 Å². The number of ether oxygens (including phenoxy) is 1. The van der Waals surface area contributed by atoms with Gasteiger partial charge in [0.1, 0.15) is 5.75 Å². The first-order chi connectivity index (χ1) is 9.24. The normalized spacial score (nSPS) is 15.3. The number of carbonyl (C=O) groups is 1. The Hall–Kier alpha value is -2.04. The largest absolute Gasteiger partial charge is 0.484 e. The van der Waals surface area contributed by atoms with Crippen molar-refractivity contribution in [1.29, 1.82) is 0 Å². The molecule has 102 valence electrons. The molecule has 1 aromatic carbocycles. The minimum Gasteiger partial charge on any atom is -0.484 e. The van der Waals surface area contributed by atoms with E-state index in [0.29, 0.717) is 18.0 Å². The smallest absolute Gasteiger partial charge is 0.257 e. The number of oxime groups is 1. The second-order valence-corrected chi connectivity index (χ2v) is 4.50. The second kappa shape index (κ2) is 6.22. The molecule has 0 atom stereocenters. The van der Waals surface area contributed by atoms with E-state index in [1.54, 1.807) is 6.07 Å². The lowest BCUT2D eigenvalue weighted by molar-refractivity contribution is -0.123. The molecular weight excluding hydrogens is 244 g/mol. The highest BCUT2D eigenvalue weighted by Gasteiger charge is 2.18. The van der Waals surface area contributed by atoms with E-state index >= 15 is 0 Å². The zero-order chi connectivity index (χ0) is 13.7. The number of rotatable bonds is 5. The van der Waals surface area contributed by atoms with Crippen molar-refractivity contribution in [3.05, 3.63) is 29.3 Å². The number of hydrogen-bond acceptors (Lipinski definition) is 4. The lowest BCUT2D eigenvalue weighted by atomic mass is 10.1. The van der Waals surface area contributed by atoms with E-state index in [9.17, 15) is 4.79 Å². The van der Waals surface area contributed by atoms with Crippen molar-refractivity contribution in [2.75, 3.05) is 13.2 Å². The molecule has 0 aromatic heterocycles. The molecule has 0 heterocycles. The molecule has 0 fully saturated rings. The SMILES string of the molecule is CCCNC(=O)COc1ccc2c(c1)CC/C2=N\O. The number of nitrogens with zero attached hydrogens (tertiary/aromatic N) is 1. The van der Waals surface area contributed by atoms with Crippen LogP contribution in [-0.2, 0) is 11.2 Å². The highest BCUT2D eigenvalue weighted by Crippen LogP contribution is 2.26. The van der Waals surface area contributed by atoms with Gasteiger partial charge in [0.05, 0.1) is 5.71 Å². The second-order valence-electron chi connectivity index (χ2n) is 4.50. The Labute approximate surface area is 112 Å². The van der Waals surface area contributed by atoms with Gasteiger partial charge in [0.2, 0.25) is 0 Å². The van der Waals surface area contributed by atoms with Crippen LogP contribution in [0.4, 0.5) is 0 Å². The van der Waals surface area contributed by atoms with E-state index in [1.165, 1.54) is 0 Å². The molecule has 0 aliphatic heterocycles. The Morgan fingerprint density at radius 1 is 1.47 bits per heavy atom. The molecule has 2 N–H and O–H groups in total. The summed E-state index contributed by atoms with van der Waals surface area (Å²) in [7, 11) is 0. The Morgan fingerprint density at radius 3 is 3.05 bits per heavy atom. The van der Waals surface area contributed by atoms with Crippen LogP contribution in [0.15, 0.2) is 23.4 Å². The van der Waals surface area contributed by atoms with E-state index in [4.69, 9.17) is 9.94 Å². The van der Waals surface area contributed by atoms with Gasteiger partial charge in [0, 0.05) is 12.1 Å². The topological polar surface area (TPSA) is 70.9 Å². The van der Waals surface area contributed by atoms with E-state index in [0.717, 1.165) is 30.4 Å². The van der Waals surface area contributed by atoms with Crippen LogP contribution in [0.5, 0.6) is 5.75 Å². The Bertz CT molecular complexity index is 497. The van der Waals surface area contributed by atoms with Gasteiger partial charge in [-0.1, -0.05) is 12.1 Å². The summed E-state index contributed by atoms with van der Waals surface area (Å²) in [5.74, 6) is 0.560. The summed E-state index contributed by atoms with van der Waals surface area (Å²) in [4.78, 5) is 11.4. The van der Waals surface area contributed by atoms with Crippen LogP contribution in [0.3, 0.4) is 0 Å². The third kappa shape index (κ3) is 3.24. The third-order valence-corrected chi connectivity index (χ3v) is 3.08. The van der Waals surface area contributed by atoms with Gasteiger partial charge in [-0.3, -0.25) is 4.79 Å². The number of hydrogen-bond donors (Lipinski definition) is 2. The van der Waals surface area contributed by atoms with Crippen molar-refractivity contribution in [3.63, 3.8) is 0 Å². The lowest BCUT2D eigenvalue weighted by Gasteiger charge is -2.08. The fourth-order valence-electron chi connectivity index (χ4n) is 2.10. The highest BCUT2D eigenvalue weighted by atomic mass is 16.5. The summed E-state index contributed by atoms with van der Waals surface area (Å²) in [5.41, 5.74) is 2.77. The van der Waals surface area contributed by atoms with Crippen LogP contribution in [0.2, 0.25) is 0 Å². The molecule has 1 aliphatic carbocycles. The number of aryl methyl sites for hydroxylation is 1. The van der Waals surface area contributed by atoms with Gasteiger partial charge < -0.3 is 15.3 Å². The summed E-state index contributed by atoms with van der Waals surface area (Å²) >= 11 is 0. The maximum Gasteiger partial charge on any atom is 0.257 e. The van der Waals surface area contributed by atoms with Gasteiger partial charge in [0.15, 0.2) is 6.61 Å². The van der Waals surface area contributed by atoms with Gasteiger partial charge in [0.25, 0.3) is 5.91 Å². The molecular formula is C14H18N2O3. The minimum absolute atomic E-state index is 0.0275. The van der Waals surface area contributed by atoms with Gasteiger partial charge in [-0.25, -0.2) is 0 Å². The minimum atomic E-state index is -0.111. The average Bonchev–Trinajstić information content (AvgIpc) is 2.85.